The van der Waals surface area contributed by atoms with Crippen molar-refractivity contribution in [2.24, 2.45) is 0 Å². The van der Waals surface area contributed by atoms with Gasteiger partial charge in [0.2, 0.25) is 5.91 Å². The highest BCUT2D eigenvalue weighted by molar-refractivity contribution is 5.87. The lowest BCUT2D eigenvalue weighted by Crippen LogP contribution is -2.43. The molecule has 0 aliphatic carbocycles. The van der Waals surface area contributed by atoms with Gasteiger partial charge in [-0.25, -0.2) is 9.07 Å². The molecule has 6 heteroatoms. The molecule has 0 saturated carbocycles. The van der Waals surface area contributed by atoms with Crippen LogP contribution < -0.4 is 0 Å². The van der Waals surface area contributed by atoms with Gasteiger partial charge in [-0.3, -0.25) is 4.79 Å². The Balaban J connectivity index is 2.07. The van der Waals surface area contributed by atoms with E-state index in [0.717, 1.165) is 17.0 Å². The first-order valence-corrected chi connectivity index (χ1v) is 7.86. The average molecular weight is 329 g/mol. The van der Waals surface area contributed by atoms with Crippen molar-refractivity contribution in [2.45, 2.75) is 19.9 Å². The lowest BCUT2D eigenvalue weighted by Gasteiger charge is -2.35. The lowest BCUT2D eigenvalue weighted by molar-refractivity contribution is -0.134. The second-order valence-corrected chi connectivity index (χ2v) is 5.77. The molecule has 1 unspecified atom stereocenters. The molecule has 0 bridgehead atoms. The number of rotatable bonds is 3. The molecule has 5 nitrogen and oxygen atoms in total. The van der Waals surface area contributed by atoms with Crippen molar-refractivity contribution in [3.63, 3.8) is 0 Å². The monoisotopic (exact) mass is 329 g/mol. The van der Waals surface area contributed by atoms with E-state index < -0.39 is 0 Å². The summed E-state index contributed by atoms with van der Waals surface area (Å²) in [5, 5.41) is 4.49. The minimum absolute atomic E-state index is 0.138. The first kappa shape index (κ1) is 16.4. The van der Waals surface area contributed by atoms with Crippen molar-refractivity contribution in [2.75, 3.05) is 19.8 Å². The zero-order valence-electron chi connectivity index (χ0n) is 13.8. The van der Waals surface area contributed by atoms with Gasteiger partial charge in [0.25, 0.3) is 0 Å². The maximum Gasteiger partial charge on any atom is 0.246 e. The van der Waals surface area contributed by atoms with Crippen molar-refractivity contribution in [1.29, 1.82) is 0 Å². The Morgan fingerprint density at radius 3 is 2.88 bits per heavy atom. The number of amides is 1. The van der Waals surface area contributed by atoms with Gasteiger partial charge in [0.05, 0.1) is 24.9 Å². The standard InChI is InChI=1S/C18H20FN3O2/c1-4-17(23)21-9-10-24-11-16(21)18-12(2)20-22(13(18)3)15-8-6-5-7-14(15)19/h4-8,16H,1,9-11H2,2-3H3. The Morgan fingerprint density at radius 2 is 2.17 bits per heavy atom. The Bertz CT molecular complexity index is 785. The number of carbonyl (C=O) groups excluding carboxylic acids is 1. The highest BCUT2D eigenvalue weighted by atomic mass is 19.1. The third kappa shape index (κ3) is 2.73. The summed E-state index contributed by atoms with van der Waals surface area (Å²) >= 11 is 0. The summed E-state index contributed by atoms with van der Waals surface area (Å²) in [5.74, 6) is -0.477. The number of para-hydroxylation sites is 1. The fraction of sp³-hybridized carbons (Fsp3) is 0.333. The van der Waals surface area contributed by atoms with Gasteiger partial charge in [0, 0.05) is 17.8 Å². The van der Waals surface area contributed by atoms with Crippen molar-refractivity contribution < 1.29 is 13.9 Å². The third-order valence-corrected chi connectivity index (χ3v) is 4.35. The summed E-state index contributed by atoms with van der Waals surface area (Å²) in [6.45, 7) is 8.71. The fourth-order valence-corrected chi connectivity index (χ4v) is 3.22. The summed E-state index contributed by atoms with van der Waals surface area (Å²) in [5.41, 5.74) is 2.85. The van der Waals surface area contributed by atoms with E-state index in [1.807, 2.05) is 13.8 Å². The van der Waals surface area contributed by atoms with E-state index in [9.17, 15) is 9.18 Å². The highest BCUT2D eigenvalue weighted by Crippen LogP contribution is 2.31. The van der Waals surface area contributed by atoms with Crippen LogP contribution in [0, 0.1) is 19.7 Å². The predicted molar refractivity (Wildman–Crippen MR) is 88.5 cm³/mol. The van der Waals surface area contributed by atoms with E-state index in [1.54, 1.807) is 27.8 Å². The number of hydrogen-bond acceptors (Lipinski definition) is 3. The number of nitrogens with zero attached hydrogens (tertiary/aromatic N) is 3. The maximum absolute atomic E-state index is 14.1. The van der Waals surface area contributed by atoms with E-state index in [1.165, 1.54) is 12.1 Å². The molecule has 1 fully saturated rings. The number of halogens is 1. The van der Waals surface area contributed by atoms with E-state index in [4.69, 9.17) is 4.74 Å². The lowest BCUT2D eigenvalue weighted by atomic mass is 10.0. The zero-order chi connectivity index (χ0) is 17.3. The summed E-state index contributed by atoms with van der Waals surface area (Å²) in [4.78, 5) is 13.9. The quantitative estimate of drug-likeness (QED) is 0.814. The van der Waals surface area contributed by atoms with E-state index in [-0.39, 0.29) is 17.8 Å². The van der Waals surface area contributed by atoms with Crippen molar-refractivity contribution in [1.82, 2.24) is 14.7 Å². The Morgan fingerprint density at radius 1 is 1.42 bits per heavy atom. The topological polar surface area (TPSA) is 47.4 Å². The van der Waals surface area contributed by atoms with Crippen LogP contribution in [-0.2, 0) is 9.53 Å². The molecule has 2 heterocycles. The van der Waals surface area contributed by atoms with Gasteiger partial charge in [-0.2, -0.15) is 5.10 Å². The molecule has 24 heavy (non-hydrogen) atoms. The van der Waals surface area contributed by atoms with Gasteiger partial charge in [0.1, 0.15) is 11.5 Å². The van der Waals surface area contributed by atoms with E-state index >= 15 is 0 Å². The first-order valence-electron chi connectivity index (χ1n) is 7.86. The molecule has 0 radical (unpaired) electrons. The zero-order valence-corrected chi connectivity index (χ0v) is 13.8. The molecule has 1 aliphatic rings. The summed E-state index contributed by atoms with van der Waals surface area (Å²) < 4.78 is 21.3. The molecule has 126 valence electrons. The van der Waals surface area contributed by atoms with Crippen LogP contribution in [0.25, 0.3) is 5.69 Å². The molecule has 1 atom stereocenters. The minimum atomic E-state index is -0.339. The van der Waals surface area contributed by atoms with Crippen molar-refractivity contribution in [3.8, 4) is 5.69 Å². The van der Waals surface area contributed by atoms with Crippen LogP contribution in [0.2, 0.25) is 0 Å². The van der Waals surface area contributed by atoms with Crippen LogP contribution in [0.5, 0.6) is 0 Å². The first-order chi connectivity index (χ1) is 11.5. The van der Waals surface area contributed by atoms with E-state index in [2.05, 4.69) is 11.7 Å². The van der Waals surface area contributed by atoms with Crippen LogP contribution in [0.3, 0.4) is 0 Å². The normalized spacial score (nSPS) is 17.8. The number of hydrogen-bond donors (Lipinski definition) is 0. The smallest absolute Gasteiger partial charge is 0.246 e. The third-order valence-electron chi connectivity index (χ3n) is 4.35. The van der Waals surface area contributed by atoms with Gasteiger partial charge in [-0.1, -0.05) is 18.7 Å². The molecule has 1 aliphatic heterocycles. The number of morpholine rings is 1. The largest absolute Gasteiger partial charge is 0.377 e. The van der Waals surface area contributed by atoms with Crippen LogP contribution in [0.1, 0.15) is 23.0 Å². The Hall–Kier alpha value is -2.47. The molecule has 1 saturated heterocycles. The minimum Gasteiger partial charge on any atom is -0.377 e. The van der Waals surface area contributed by atoms with E-state index in [0.29, 0.717) is 25.4 Å². The molecule has 0 spiro atoms. The SMILES string of the molecule is C=CC(=O)N1CCOCC1c1c(C)nn(-c2ccccc2F)c1C. The summed E-state index contributed by atoms with van der Waals surface area (Å²) in [6.07, 6.45) is 1.31. The summed E-state index contributed by atoms with van der Waals surface area (Å²) in [6, 6.07) is 6.26. The molecular weight excluding hydrogens is 309 g/mol. The molecule has 1 amide bonds. The van der Waals surface area contributed by atoms with Crippen molar-refractivity contribution >= 4 is 5.91 Å². The molecule has 2 aromatic rings. The van der Waals surface area contributed by atoms with Gasteiger partial charge < -0.3 is 9.64 Å². The molecule has 0 N–H and O–H groups in total. The van der Waals surface area contributed by atoms with Crippen LogP contribution in [0.15, 0.2) is 36.9 Å². The number of aromatic nitrogens is 2. The van der Waals surface area contributed by atoms with Crippen LogP contribution in [-0.4, -0.2) is 40.3 Å². The number of carbonyl (C=O) groups is 1. The van der Waals surface area contributed by atoms with Crippen LogP contribution in [0.4, 0.5) is 4.39 Å². The van der Waals surface area contributed by atoms with Gasteiger partial charge >= 0.3 is 0 Å². The van der Waals surface area contributed by atoms with Gasteiger partial charge in [-0.05, 0) is 32.1 Å². The predicted octanol–water partition coefficient (Wildman–Crippen LogP) is 2.71. The summed E-state index contributed by atoms with van der Waals surface area (Å²) in [7, 11) is 0. The highest BCUT2D eigenvalue weighted by Gasteiger charge is 2.32. The van der Waals surface area contributed by atoms with Crippen LogP contribution >= 0.6 is 0 Å². The van der Waals surface area contributed by atoms with Gasteiger partial charge in [-0.15, -0.1) is 0 Å². The average Bonchev–Trinajstić information content (AvgIpc) is 2.89. The fourth-order valence-electron chi connectivity index (χ4n) is 3.22. The Labute approximate surface area is 140 Å². The van der Waals surface area contributed by atoms with Gasteiger partial charge in [0.15, 0.2) is 0 Å². The van der Waals surface area contributed by atoms with Crippen molar-refractivity contribution in [3.05, 3.63) is 59.7 Å². The molecule has 1 aromatic carbocycles. The molecule has 3 rings (SSSR count). The molecular formula is C18H20FN3O2. The second-order valence-electron chi connectivity index (χ2n) is 5.77. The number of benzene rings is 1. The molecule has 1 aromatic heterocycles. The maximum atomic E-state index is 14.1. The number of ether oxygens (including phenoxy) is 1. The Kier molecular flexibility index (Phi) is 4.49. The number of aryl methyl sites for hydroxylation is 1. The second kappa shape index (κ2) is 6.57.